The Morgan fingerprint density at radius 1 is 1.21 bits per heavy atom. The van der Waals surface area contributed by atoms with Crippen molar-refractivity contribution in [3.63, 3.8) is 0 Å². The highest BCUT2D eigenvalue weighted by atomic mass is 31.2. The first-order chi connectivity index (χ1) is 11.1. The number of allylic oxidation sites excluding steroid dienone is 3. The first kappa shape index (κ1) is 23.1. The number of carbonyl (C=O) groups excluding carboxylic acids is 1. The summed E-state index contributed by atoms with van der Waals surface area (Å²) in [5.74, 6) is -0.115. The van der Waals surface area contributed by atoms with Crippen molar-refractivity contribution >= 4 is 13.5 Å². The third-order valence-electron chi connectivity index (χ3n) is 3.53. The number of rotatable bonds is 12. The highest BCUT2D eigenvalue weighted by Gasteiger charge is 2.18. The summed E-state index contributed by atoms with van der Waals surface area (Å²) in [6.45, 7) is 8.71. The van der Waals surface area contributed by atoms with E-state index in [1.165, 1.54) is 24.0 Å². The lowest BCUT2D eigenvalue weighted by atomic mass is 9.97. The zero-order valence-corrected chi connectivity index (χ0v) is 16.1. The Labute approximate surface area is 145 Å². The summed E-state index contributed by atoms with van der Waals surface area (Å²) in [7, 11) is -4.34. The van der Waals surface area contributed by atoms with Gasteiger partial charge in [0.15, 0.2) is 0 Å². The molecule has 0 saturated carbocycles. The molecule has 140 valence electrons. The van der Waals surface area contributed by atoms with Crippen molar-refractivity contribution in [3.05, 3.63) is 23.3 Å². The van der Waals surface area contributed by atoms with Crippen molar-refractivity contribution in [3.8, 4) is 0 Å². The Bertz CT molecular complexity index is 477. The van der Waals surface area contributed by atoms with E-state index in [1.807, 2.05) is 18.5 Å². The van der Waals surface area contributed by atoms with Crippen LogP contribution in [0.2, 0.25) is 0 Å². The van der Waals surface area contributed by atoms with Crippen molar-refractivity contribution < 1.29 is 24.0 Å². The van der Waals surface area contributed by atoms with Crippen LogP contribution in [-0.2, 0) is 14.2 Å². The van der Waals surface area contributed by atoms with Crippen molar-refractivity contribution in [1.82, 2.24) is 5.48 Å². The number of hydroxylamine groups is 1. The summed E-state index contributed by atoms with van der Waals surface area (Å²) in [5, 5.41) is 0. The van der Waals surface area contributed by atoms with Crippen LogP contribution in [0.25, 0.3) is 0 Å². The molecule has 1 amide bonds. The predicted octanol–water partition coefficient (Wildman–Crippen LogP) is 3.71. The fourth-order valence-corrected chi connectivity index (χ4v) is 2.60. The molecule has 0 aliphatic heterocycles. The molecule has 0 aliphatic carbocycles. The number of hydrogen-bond donors (Lipinski definition) is 3. The Hall–Kier alpha value is -0.940. The molecule has 0 aromatic rings. The maximum absolute atomic E-state index is 11.1. The molecule has 0 heterocycles. The lowest BCUT2D eigenvalue weighted by molar-refractivity contribution is -0.130. The molecular formula is C17H32NO5P. The van der Waals surface area contributed by atoms with Gasteiger partial charge in [-0.25, -0.2) is 5.48 Å². The highest BCUT2D eigenvalue weighted by Crippen LogP contribution is 2.33. The molecule has 3 N–H and O–H groups in total. The lowest BCUT2D eigenvalue weighted by Crippen LogP contribution is -2.26. The van der Waals surface area contributed by atoms with Gasteiger partial charge in [-0.05, 0) is 52.4 Å². The van der Waals surface area contributed by atoms with E-state index in [-0.39, 0.29) is 6.61 Å². The molecule has 0 aliphatic rings. The van der Waals surface area contributed by atoms with Crippen molar-refractivity contribution in [1.29, 1.82) is 0 Å². The molecule has 24 heavy (non-hydrogen) atoms. The van der Waals surface area contributed by atoms with Gasteiger partial charge in [0, 0.05) is 0 Å². The Morgan fingerprint density at radius 2 is 1.88 bits per heavy atom. The van der Waals surface area contributed by atoms with Gasteiger partial charge in [0.1, 0.15) is 6.16 Å². The molecule has 1 unspecified atom stereocenters. The molecule has 0 rings (SSSR count). The number of nitrogens with one attached hydrogen (secondary N) is 1. The molecule has 6 nitrogen and oxygen atoms in total. The van der Waals surface area contributed by atoms with Gasteiger partial charge in [-0.3, -0.25) is 14.2 Å². The van der Waals surface area contributed by atoms with Crippen LogP contribution in [0, 0.1) is 5.92 Å². The van der Waals surface area contributed by atoms with Gasteiger partial charge in [0.05, 0.1) is 6.61 Å². The average Bonchev–Trinajstić information content (AvgIpc) is 2.41. The van der Waals surface area contributed by atoms with Crippen LogP contribution in [-0.4, -0.2) is 28.5 Å². The summed E-state index contributed by atoms with van der Waals surface area (Å²) in [5.41, 5.74) is 4.57. The minimum atomic E-state index is -4.34. The third kappa shape index (κ3) is 15.9. The normalized spacial score (nSPS) is 13.5. The number of carbonyl (C=O) groups is 1. The maximum atomic E-state index is 11.1. The average molecular weight is 361 g/mol. The van der Waals surface area contributed by atoms with E-state index < -0.39 is 19.7 Å². The van der Waals surface area contributed by atoms with Crippen LogP contribution in [0.5, 0.6) is 0 Å². The smallest absolute Gasteiger partial charge is 0.324 e. The zero-order chi connectivity index (χ0) is 18.6. The standard InChI is InChI=1S/C17H32NO5P/c1-14(2)7-5-8-15(3)9-6-10-16(4)11-12-23-18-17(19)13-24(20,21)22/h7,11,15H,5-6,8-10,12-13H2,1-4H3,(H,18,19)(H2,20,21,22)/b16-11+. The molecule has 0 aromatic heterocycles. The number of amides is 1. The molecule has 0 saturated heterocycles. The third-order valence-corrected chi connectivity index (χ3v) is 4.23. The quantitative estimate of drug-likeness (QED) is 0.213. The minimum Gasteiger partial charge on any atom is -0.324 e. The first-order valence-electron chi connectivity index (χ1n) is 8.34. The Balaban J connectivity index is 3.78. The second-order valence-electron chi connectivity index (χ2n) is 6.57. The Morgan fingerprint density at radius 3 is 2.46 bits per heavy atom. The van der Waals surface area contributed by atoms with Gasteiger partial charge >= 0.3 is 7.60 Å². The van der Waals surface area contributed by atoms with Crippen molar-refractivity contribution in [2.75, 3.05) is 12.8 Å². The van der Waals surface area contributed by atoms with Gasteiger partial charge in [-0.15, -0.1) is 0 Å². The summed E-state index contributed by atoms with van der Waals surface area (Å²) in [4.78, 5) is 33.3. The van der Waals surface area contributed by atoms with Gasteiger partial charge in [-0.1, -0.05) is 36.6 Å². The molecule has 0 bridgehead atoms. The Kier molecular flexibility index (Phi) is 11.9. The van der Waals surface area contributed by atoms with Crippen molar-refractivity contribution in [2.45, 2.75) is 59.8 Å². The summed E-state index contributed by atoms with van der Waals surface area (Å²) in [6.07, 6.45) is 8.91. The van der Waals surface area contributed by atoms with E-state index in [2.05, 4.69) is 26.8 Å². The van der Waals surface area contributed by atoms with E-state index in [1.54, 1.807) is 0 Å². The SMILES string of the molecule is CC(C)=CCCC(C)CCC/C(C)=C/CONC(=O)CP(=O)(O)O. The van der Waals surface area contributed by atoms with Gasteiger partial charge in [0.2, 0.25) is 0 Å². The summed E-state index contributed by atoms with van der Waals surface area (Å²) >= 11 is 0. The molecule has 0 radical (unpaired) electrons. The molecule has 7 heteroatoms. The monoisotopic (exact) mass is 361 g/mol. The van der Waals surface area contributed by atoms with E-state index in [4.69, 9.17) is 14.6 Å². The molecule has 0 spiro atoms. The zero-order valence-electron chi connectivity index (χ0n) is 15.2. The van der Waals surface area contributed by atoms with Gasteiger partial charge in [0.25, 0.3) is 5.91 Å². The van der Waals surface area contributed by atoms with Crippen LogP contribution in [0.1, 0.15) is 59.8 Å². The second-order valence-corrected chi connectivity index (χ2v) is 8.21. The van der Waals surface area contributed by atoms with Crippen molar-refractivity contribution in [2.24, 2.45) is 5.92 Å². The lowest BCUT2D eigenvalue weighted by Gasteiger charge is -2.10. The largest absolute Gasteiger partial charge is 0.334 e. The van der Waals surface area contributed by atoms with E-state index >= 15 is 0 Å². The van der Waals surface area contributed by atoms with Gasteiger partial charge < -0.3 is 9.79 Å². The fourth-order valence-electron chi connectivity index (χ4n) is 2.16. The minimum absolute atomic E-state index is 0.189. The second kappa shape index (κ2) is 12.4. The van der Waals surface area contributed by atoms with Crippen LogP contribution in [0.15, 0.2) is 23.3 Å². The topological polar surface area (TPSA) is 95.9 Å². The molecule has 1 atom stereocenters. The summed E-state index contributed by atoms with van der Waals surface area (Å²) < 4.78 is 10.6. The highest BCUT2D eigenvalue weighted by molar-refractivity contribution is 7.52. The van der Waals surface area contributed by atoms with Crippen LogP contribution in [0.3, 0.4) is 0 Å². The summed E-state index contributed by atoms with van der Waals surface area (Å²) in [6, 6.07) is 0. The first-order valence-corrected chi connectivity index (χ1v) is 10.1. The van der Waals surface area contributed by atoms with E-state index in [9.17, 15) is 9.36 Å². The van der Waals surface area contributed by atoms with E-state index in [0.717, 1.165) is 19.3 Å². The number of hydrogen-bond acceptors (Lipinski definition) is 3. The van der Waals surface area contributed by atoms with E-state index in [0.29, 0.717) is 5.92 Å². The molecule has 0 aromatic carbocycles. The molecular weight excluding hydrogens is 329 g/mol. The maximum Gasteiger partial charge on any atom is 0.334 e. The van der Waals surface area contributed by atoms with Crippen LogP contribution >= 0.6 is 7.60 Å². The van der Waals surface area contributed by atoms with Crippen LogP contribution < -0.4 is 5.48 Å². The molecule has 0 fully saturated rings. The fraction of sp³-hybridized carbons (Fsp3) is 0.706. The van der Waals surface area contributed by atoms with Crippen LogP contribution in [0.4, 0.5) is 0 Å². The van der Waals surface area contributed by atoms with Gasteiger partial charge in [-0.2, -0.15) is 0 Å². The predicted molar refractivity (Wildman–Crippen MR) is 96.4 cm³/mol.